The predicted octanol–water partition coefficient (Wildman–Crippen LogP) is 13.8. The third-order valence-corrected chi connectivity index (χ3v) is 9.31. The SMILES string of the molecule is CCCCCCCCCCCCCCCCC(CCCC)CC(CCCCCCCCCCCCCC)C(=O)O. The van der Waals surface area contributed by atoms with Gasteiger partial charge in [0.25, 0.3) is 0 Å². The second-order valence-corrected chi connectivity index (χ2v) is 13.3. The first-order valence-corrected chi connectivity index (χ1v) is 18.9. The quantitative estimate of drug-likeness (QED) is 0.0789. The third-order valence-electron chi connectivity index (χ3n) is 9.31. The lowest BCUT2D eigenvalue weighted by Crippen LogP contribution is -2.18. The van der Waals surface area contributed by atoms with E-state index >= 15 is 0 Å². The zero-order valence-electron chi connectivity index (χ0n) is 28.1. The van der Waals surface area contributed by atoms with E-state index in [1.807, 2.05) is 0 Å². The summed E-state index contributed by atoms with van der Waals surface area (Å²) in [5.41, 5.74) is 0. The molecular formula is C38H76O2. The van der Waals surface area contributed by atoms with Crippen LogP contribution < -0.4 is 0 Å². The van der Waals surface area contributed by atoms with Gasteiger partial charge in [0.05, 0.1) is 5.92 Å². The van der Waals surface area contributed by atoms with Gasteiger partial charge in [-0.2, -0.15) is 0 Å². The van der Waals surface area contributed by atoms with Gasteiger partial charge in [0.2, 0.25) is 0 Å². The highest BCUT2D eigenvalue weighted by molar-refractivity contribution is 5.69. The van der Waals surface area contributed by atoms with Crippen molar-refractivity contribution in [2.45, 2.75) is 226 Å². The zero-order chi connectivity index (χ0) is 29.4. The van der Waals surface area contributed by atoms with Crippen LogP contribution in [0.4, 0.5) is 0 Å². The Morgan fingerprint density at radius 1 is 0.400 bits per heavy atom. The van der Waals surface area contributed by atoms with Crippen molar-refractivity contribution in [3.05, 3.63) is 0 Å². The van der Waals surface area contributed by atoms with Crippen LogP contribution in [0.15, 0.2) is 0 Å². The second-order valence-electron chi connectivity index (χ2n) is 13.3. The lowest BCUT2D eigenvalue weighted by molar-refractivity contribution is -0.142. The van der Waals surface area contributed by atoms with Crippen LogP contribution in [0.25, 0.3) is 0 Å². The van der Waals surface area contributed by atoms with Gasteiger partial charge in [-0.15, -0.1) is 0 Å². The summed E-state index contributed by atoms with van der Waals surface area (Å²) in [7, 11) is 0. The first kappa shape index (κ1) is 39.5. The maximum absolute atomic E-state index is 12.0. The van der Waals surface area contributed by atoms with E-state index in [2.05, 4.69) is 20.8 Å². The van der Waals surface area contributed by atoms with Crippen LogP contribution in [0.1, 0.15) is 226 Å². The summed E-state index contributed by atoms with van der Waals surface area (Å²) in [5, 5.41) is 9.92. The molecule has 0 aliphatic carbocycles. The summed E-state index contributed by atoms with van der Waals surface area (Å²) in [6, 6.07) is 0. The summed E-state index contributed by atoms with van der Waals surface area (Å²) in [6.45, 7) is 6.84. The number of rotatable bonds is 34. The average Bonchev–Trinajstić information content (AvgIpc) is 2.95. The lowest BCUT2D eigenvalue weighted by Gasteiger charge is -2.21. The van der Waals surface area contributed by atoms with Gasteiger partial charge in [-0.05, 0) is 18.8 Å². The fraction of sp³-hybridized carbons (Fsp3) is 0.974. The molecule has 2 heteroatoms. The van der Waals surface area contributed by atoms with Crippen LogP contribution in [0.5, 0.6) is 0 Å². The van der Waals surface area contributed by atoms with E-state index in [1.54, 1.807) is 0 Å². The maximum Gasteiger partial charge on any atom is 0.306 e. The lowest BCUT2D eigenvalue weighted by atomic mass is 9.84. The molecule has 0 aliphatic heterocycles. The van der Waals surface area contributed by atoms with Crippen molar-refractivity contribution < 1.29 is 9.90 Å². The number of carbonyl (C=O) groups is 1. The van der Waals surface area contributed by atoms with E-state index in [9.17, 15) is 9.90 Å². The van der Waals surface area contributed by atoms with E-state index in [0.717, 1.165) is 19.3 Å². The Balaban J connectivity index is 3.88. The van der Waals surface area contributed by atoms with E-state index in [0.29, 0.717) is 5.92 Å². The molecular weight excluding hydrogens is 488 g/mol. The molecule has 2 nitrogen and oxygen atoms in total. The third kappa shape index (κ3) is 29.0. The highest BCUT2D eigenvalue weighted by Gasteiger charge is 2.22. The number of hydrogen-bond donors (Lipinski definition) is 1. The Hall–Kier alpha value is -0.530. The van der Waals surface area contributed by atoms with Crippen molar-refractivity contribution in [1.82, 2.24) is 0 Å². The molecule has 0 radical (unpaired) electrons. The van der Waals surface area contributed by atoms with E-state index in [-0.39, 0.29) is 5.92 Å². The first-order valence-electron chi connectivity index (χ1n) is 18.9. The van der Waals surface area contributed by atoms with Gasteiger partial charge >= 0.3 is 5.97 Å². The van der Waals surface area contributed by atoms with Crippen molar-refractivity contribution in [2.24, 2.45) is 11.8 Å². The van der Waals surface area contributed by atoms with Crippen molar-refractivity contribution >= 4 is 5.97 Å². The summed E-state index contributed by atoms with van der Waals surface area (Å²) in [5.74, 6) is -0.0298. The summed E-state index contributed by atoms with van der Waals surface area (Å²) in [4.78, 5) is 12.0. The van der Waals surface area contributed by atoms with E-state index in [4.69, 9.17) is 0 Å². The zero-order valence-corrected chi connectivity index (χ0v) is 28.1. The van der Waals surface area contributed by atoms with Crippen LogP contribution >= 0.6 is 0 Å². The molecule has 1 N–H and O–H groups in total. The minimum absolute atomic E-state index is 0.114. The minimum atomic E-state index is -0.537. The second kappa shape index (κ2) is 33.0. The molecule has 0 amide bonds. The molecule has 240 valence electrons. The molecule has 0 aromatic rings. The molecule has 40 heavy (non-hydrogen) atoms. The Labute approximate surface area is 253 Å². The normalized spacial score (nSPS) is 13.1. The molecule has 0 saturated carbocycles. The summed E-state index contributed by atoms with van der Waals surface area (Å²) >= 11 is 0. The van der Waals surface area contributed by atoms with E-state index in [1.165, 1.54) is 186 Å². The predicted molar refractivity (Wildman–Crippen MR) is 179 cm³/mol. The molecule has 0 aromatic heterocycles. The average molecular weight is 565 g/mol. The van der Waals surface area contributed by atoms with Crippen LogP contribution in [0.3, 0.4) is 0 Å². The highest BCUT2D eigenvalue weighted by Crippen LogP contribution is 2.28. The van der Waals surface area contributed by atoms with Gasteiger partial charge in [0.15, 0.2) is 0 Å². The molecule has 0 spiro atoms. The molecule has 0 heterocycles. The van der Waals surface area contributed by atoms with Crippen molar-refractivity contribution in [2.75, 3.05) is 0 Å². The number of carboxylic acids is 1. The summed E-state index contributed by atoms with van der Waals surface area (Å²) < 4.78 is 0. The fourth-order valence-corrected chi connectivity index (χ4v) is 6.48. The molecule has 0 aromatic carbocycles. The number of unbranched alkanes of at least 4 members (excludes halogenated alkanes) is 25. The fourth-order valence-electron chi connectivity index (χ4n) is 6.48. The van der Waals surface area contributed by atoms with Gasteiger partial charge in [-0.1, -0.05) is 213 Å². The molecule has 0 saturated heterocycles. The number of aliphatic carboxylic acids is 1. The van der Waals surface area contributed by atoms with Crippen LogP contribution in [-0.2, 0) is 4.79 Å². The topological polar surface area (TPSA) is 37.3 Å². The van der Waals surface area contributed by atoms with Gasteiger partial charge in [0.1, 0.15) is 0 Å². The van der Waals surface area contributed by atoms with Crippen molar-refractivity contribution in [3.8, 4) is 0 Å². The Morgan fingerprint density at radius 2 is 0.675 bits per heavy atom. The number of carboxylic acid groups (broad SMARTS) is 1. The first-order chi connectivity index (χ1) is 19.7. The monoisotopic (exact) mass is 565 g/mol. The van der Waals surface area contributed by atoms with Crippen LogP contribution in [0.2, 0.25) is 0 Å². The van der Waals surface area contributed by atoms with Gasteiger partial charge < -0.3 is 5.11 Å². The van der Waals surface area contributed by atoms with Gasteiger partial charge in [0, 0.05) is 0 Å². The molecule has 2 unspecified atom stereocenters. The molecule has 0 rings (SSSR count). The van der Waals surface area contributed by atoms with Gasteiger partial charge in [-0.25, -0.2) is 0 Å². The van der Waals surface area contributed by atoms with Crippen LogP contribution in [0, 0.1) is 11.8 Å². The summed E-state index contributed by atoms with van der Waals surface area (Å²) in [6.07, 6.45) is 42.6. The van der Waals surface area contributed by atoms with Gasteiger partial charge in [-0.3, -0.25) is 4.79 Å². The van der Waals surface area contributed by atoms with Crippen LogP contribution in [-0.4, -0.2) is 11.1 Å². The molecule has 0 fully saturated rings. The minimum Gasteiger partial charge on any atom is -0.481 e. The maximum atomic E-state index is 12.0. The van der Waals surface area contributed by atoms with Crippen molar-refractivity contribution in [1.29, 1.82) is 0 Å². The van der Waals surface area contributed by atoms with E-state index < -0.39 is 5.97 Å². The number of hydrogen-bond acceptors (Lipinski definition) is 1. The molecule has 0 aliphatic rings. The standard InChI is InChI=1S/C38H76O2/c1-4-7-10-12-14-16-18-20-21-22-24-26-28-30-33-36(32-9-6-3)35-37(38(39)40)34-31-29-27-25-23-19-17-15-13-11-8-5-2/h36-37H,4-35H2,1-3H3,(H,39,40). The Kier molecular flexibility index (Phi) is 32.5. The largest absolute Gasteiger partial charge is 0.481 e. The highest BCUT2D eigenvalue weighted by atomic mass is 16.4. The Morgan fingerprint density at radius 3 is 1.00 bits per heavy atom. The molecule has 2 atom stereocenters. The Bertz CT molecular complexity index is 488. The van der Waals surface area contributed by atoms with Crippen molar-refractivity contribution in [3.63, 3.8) is 0 Å². The smallest absolute Gasteiger partial charge is 0.306 e. The molecule has 0 bridgehead atoms.